The third-order valence-corrected chi connectivity index (χ3v) is 5.11. The molecule has 1 aromatic heterocycles. The van der Waals surface area contributed by atoms with Gasteiger partial charge >= 0.3 is 6.18 Å². The first kappa shape index (κ1) is 19.5. The predicted octanol–water partition coefficient (Wildman–Crippen LogP) is 4.17. The van der Waals surface area contributed by atoms with E-state index < -0.39 is 11.7 Å². The van der Waals surface area contributed by atoms with Gasteiger partial charge in [0.1, 0.15) is 11.5 Å². The number of hydrogen-bond donors (Lipinski definition) is 1. The first-order valence-electron chi connectivity index (χ1n) is 9.05. The molecule has 146 valence electrons. The van der Waals surface area contributed by atoms with Crippen molar-refractivity contribution in [3.8, 4) is 11.3 Å². The van der Waals surface area contributed by atoms with E-state index in [9.17, 15) is 18.0 Å². The Kier molecular flexibility index (Phi) is 5.60. The topological polar surface area (TPSA) is 45.5 Å². The minimum atomic E-state index is -4.36. The summed E-state index contributed by atoms with van der Waals surface area (Å²) in [7, 11) is 0. The highest BCUT2D eigenvalue weighted by Crippen LogP contribution is 2.31. The van der Waals surface area contributed by atoms with Crippen LogP contribution in [-0.2, 0) is 17.5 Å². The zero-order valence-electron chi connectivity index (χ0n) is 15.3. The van der Waals surface area contributed by atoms with Gasteiger partial charge in [-0.15, -0.1) is 0 Å². The minimum Gasteiger partial charge on any atom is -0.459 e. The number of benzene rings is 1. The number of carbonyl (C=O) groups excluding carboxylic acids is 1. The molecule has 0 spiro atoms. The van der Waals surface area contributed by atoms with Gasteiger partial charge in [-0.1, -0.05) is 19.1 Å². The molecule has 1 atom stereocenters. The summed E-state index contributed by atoms with van der Waals surface area (Å²) in [5.41, 5.74) is -0.127. The molecule has 27 heavy (non-hydrogen) atoms. The summed E-state index contributed by atoms with van der Waals surface area (Å²) in [4.78, 5) is 14.4. The molecule has 2 aromatic rings. The van der Waals surface area contributed by atoms with Crippen molar-refractivity contribution < 1.29 is 22.4 Å². The number of rotatable bonds is 6. The lowest BCUT2D eigenvalue weighted by molar-refractivity contribution is -0.138. The molecule has 0 aliphatic carbocycles. The molecule has 1 N–H and O–H groups in total. The second-order valence-electron chi connectivity index (χ2n) is 6.90. The fourth-order valence-corrected chi connectivity index (χ4v) is 3.13. The van der Waals surface area contributed by atoms with E-state index in [4.69, 9.17) is 4.42 Å². The number of hydrogen-bond acceptors (Lipinski definition) is 3. The van der Waals surface area contributed by atoms with Gasteiger partial charge in [-0.25, -0.2) is 0 Å². The highest BCUT2D eigenvalue weighted by Gasteiger charge is 2.32. The Morgan fingerprint density at radius 1 is 1.22 bits per heavy atom. The van der Waals surface area contributed by atoms with Crippen LogP contribution in [0.15, 0.2) is 40.8 Å². The van der Waals surface area contributed by atoms with Crippen molar-refractivity contribution in [2.24, 2.45) is 11.8 Å². The van der Waals surface area contributed by atoms with Crippen LogP contribution in [0.2, 0.25) is 0 Å². The zero-order chi connectivity index (χ0) is 19.6. The van der Waals surface area contributed by atoms with Crippen molar-refractivity contribution >= 4 is 5.91 Å². The molecule has 0 saturated carbocycles. The van der Waals surface area contributed by atoms with Crippen molar-refractivity contribution in [1.82, 2.24) is 10.2 Å². The van der Waals surface area contributed by atoms with Crippen molar-refractivity contribution in [3.05, 3.63) is 47.7 Å². The van der Waals surface area contributed by atoms with Gasteiger partial charge < -0.3 is 14.6 Å². The second-order valence-corrected chi connectivity index (χ2v) is 6.90. The number of halogens is 3. The molecule has 3 rings (SSSR count). The minimum absolute atomic E-state index is 0.0458. The van der Waals surface area contributed by atoms with Crippen LogP contribution in [0.25, 0.3) is 11.3 Å². The first-order chi connectivity index (χ1) is 12.8. The lowest BCUT2D eigenvalue weighted by Crippen LogP contribution is -2.50. The molecule has 1 aliphatic heterocycles. The molecule has 1 amide bonds. The van der Waals surface area contributed by atoms with Gasteiger partial charge in [0.25, 0.3) is 0 Å². The summed E-state index contributed by atoms with van der Waals surface area (Å²) in [6, 6.07) is 8.33. The quantitative estimate of drug-likeness (QED) is 0.818. The predicted molar refractivity (Wildman–Crippen MR) is 95.8 cm³/mol. The molecule has 1 aromatic carbocycles. The van der Waals surface area contributed by atoms with E-state index in [1.165, 1.54) is 12.1 Å². The summed E-state index contributed by atoms with van der Waals surface area (Å²) < 4.78 is 43.8. The average molecular weight is 380 g/mol. The molecule has 1 unspecified atom stereocenters. The number of nitrogens with one attached hydrogen (secondary N) is 1. The molecule has 7 heteroatoms. The van der Waals surface area contributed by atoms with Gasteiger partial charge in [-0.2, -0.15) is 13.2 Å². The second kappa shape index (κ2) is 7.76. The third kappa shape index (κ3) is 4.35. The van der Waals surface area contributed by atoms with Crippen LogP contribution < -0.4 is 5.32 Å². The van der Waals surface area contributed by atoms with Crippen LogP contribution in [0, 0.1) is 11.8 Å². The average Bonchev–Trinajstić information content (AvgIpc) is 3.05. The Morgan fingerprint density at radius 2 is 1.89 bits per heavy atom. The van der Waals surface area contributed by atoms with Crippen LogP contribution in [0.1, 0.15) is 25.2 Å². The summed E-state index contributed by atoms with van der Waals surface area (Å²) in [5.74, 6) is 1.51. The lowest BCUT2D eigenvalue weighted by Gasteiger charge is -2.34. The van der Waals surface area contributed by atoms with Gasteiger partial charge in [0.15, 0.2) is 0 Å². The van der Waals surface area contributed by atoms with Crippen LogP contribution in [0.4, 0.5) is 13.2 Å². The number of carbonyl (C=O) groups is 1. The highest BCUT2D eigenvalue weighted by atomic mass is 19.4. The summed E-state index contributed by atoms with van der Waals surface area (Å²) in [6.45, 7) is 6.52. The van der Waals surface area contributed by atoms with Crippen molar-refractivity contribution in [1.29, 1.82) is 0 Å². The van der Waals surface area contributed by atoms with Crippen molar-refractivity contribution in [2.45, 2.75) is 26.6 Å². The number of furan rings is 1. The van der Waals surface area contributed by atoms with Gasteiger partial charge in [-0.05, 0) is 50.2 Å². The summed E-state index contributed by atoms with van der Waals surface area (Å²) in [5, 5.41) is 3.18. The van der Waals surface area contributed by atoms with E-state index in [-0.39, 0.29) is 11.8 Å². The standard InChI is InChI=1S/C20H23F3N2O2/c1-3-25(19(26)13(2)15-10-24-11-15)12-17-8-9-18(27-17)14-4-6-16(7-5-14)20(21,22)23/h4-9,13,15,24H,3,10-12H2,1-2H3. The van der Waals surface area contributed by atoms with Crippen LogP contribution in [0.3, 0.4) is 0 Å². The molecule has 2 heterocycles. The number of nitrogens with zero attached hydrogens (tertiary/aromatic N) is 1. The van der Waals surface area contributed by atoms with Gasteiger partial charge in [0.2, 0.25) is 5.91 Å². The van der Waals surface area contributed by atoms with Gasteiger partial charge in [-0.3, -0.25) is 4.79 Å². The highest BCUT2D eigenvalue weighted by molar-refractivity contribution is 5.79. The first-order valence-corrected chi connectivity index (χ1v) is 9.05. The van der Waals surface area contributed by atoms with Crippen LogP contribution in [0.5, 0.6) is 0 Å². The summed E-state index contributed by atoms with van der Waals surface area (Å²) in [6.07, 6.45) is -4.36. The smallest absolute Gasteiger partial charge is 0.416 e. The zero-order valence-corrected chi connectivity index (χ0v) is 15.3. The van der Waals surface area contributed by atoms with Crippen LogP contribution in [-0.4, -0.2) is 30.4 Å². The fraction of sp³-hybridized carbons (Fsp3) is 0.450. The van der Waals surface area contributed by atoms with E-state index in [0.717, 1.165) is 25.2 Å². The van der Waals surface area contributed by atoms with Gasteiger partial charge in [0, 0.05) is 18.0 Å². The SMILES string of the molecule is CCN(Cc1ccc(-c2ccc(C(F)(F)F)cc2)o1)C(=O)C(C)C1CNC1. The molecular weight excluding hydrogens is 357 g/mol. The lowest BCUT2D eigenvalue weighted by atomic mass is 9.88. The maximum Gasteiger partial charge on any atom is 0.416 e. The molecule has 0 bridgehead atoms. The molecule has 0 radical (unpaired) electrons. The molecule has 1 fully saturated rings. The monoisotopic (exact) mass is 380 g/mol. The van der Waals surface area contributed by atoms with Crippen molar-refractivity contribution in [2.75, 3.05) is 19.6 Å². The molecular formula is C20H23F3N2O2. The fourth-order valence-electron chi connectivity index (χ4n) is 3.13. The van der Waals surface area contributed by atoms with Crippen LogP contribution >= 0.6 is 0 Å². The Morgan fingerprint density at radius 3 is 2.41 bits per heavy atom. The Bertz CT molecular complexity index is 779. The van der Waals surface area contributed by atoms with E-state index in [2.05, 4.69) is 5.32 Å². The number of amides is 1. The third-order valence-electron chi connectivity index (χ3n) is 5.11. The van der Waals surface area contributed by atoms with E-state index in [0.29, 0.717) is 36.1 Å². The molecule has 1 saturated heterocycles. The van der Waals surface area contributed by atoms with E-state index >= 15 is 0 Å². The van der Waals surface area contributed by atoms with E-state index in [1.807, 2.05) is 13.8 Å². The maximum atomic E-state index is 12.7. The van der Waals surface area contributed by atoms with Gasteiger partial charge in [0.05, 0.1) is 12.1 Å². The molecule has 1 aliphatic rings. The van der Waals surface area contributed by atoms with E-state index in [1.54, 1.807) is 17.0 Å². The van der Waals surface area contributed by atoms with Crippen molar-refractivity contribution in [3.63, 3.8) is 0 Å². The Hall–Kier alpha value is -2.28. The normalized spacial score (nSPS) is 16.0. The summed E-state index contributed by atoms with van der Waals surface area (Å²) >= 11 is 0. The maximum absolute atomic E-state index is 12.7. The molecule has 4 nitrogen and oxygen atoms in total. The number of alkyl halides is 3. The largest absolute Gasteiger partial charge is 0.459 e. The Balaban J connectivity index is 1.68. The Labute approximate surface area is 156 Å².